The Kier molecular flexibility index (Phi) is 9.63. The molecule has 2 N–H and O–H groups in total. The second-order valence-corrected chi connectivity index (χ2v) is 7.10. The number of rotatable bonds is 6. The Balaban J connectivity index is 0.00000338. The van der Waals surface area contributed by atoms with Crippen LogP contribution in [-0.2, 0) is 0 Å². The fourth-order valence-electron chi connectivity index (χ4n) is 2.94. The minimum Gasteiger partial charge on any atom is -0.361 e. The summed E-state index contributed by atoms with van der Waals surface area (Å²) in [5, 5.41) is 10.8. The number of aliphatic imine (C=N–C) groups is 1. The quantitative estimate of drug-likeness (QED) is 0.308. The van der Waals surface area contributed by atoms with E-state index in [0.29, 0.717) is 6.54 Å². The first-order valence-electron chi connectivity index (χ1n) is 8.66. The Bertz CT molecular complexity index is 713. The van der Waals surface area contributed by atoms with Gasteiger partial charge in [-0.2, -0.15) is 0 Å². The van der Waals surface area contributed by atoms with Gasteiger partial charge in [0.15, 0.2) is 5.96 Å². The minimum atomic E-state index is 0. The first-order valence-corrected chi connectivity index (χ1v) is 9.45. The summed E-state index contributed by atoms with van der Waals surface area (Å²) < 4.78 is 6.36. The van der Waals surface area contributed by atoms with E-state index in [1.165, 1.54) is 5.56 Å². The van der Waals surface area contributed by atoms with Gasteiger partial charge in [-0.1, -0.05) is 46.2 Å². The number of nitrogens with one attached hydrogen (secondary N) is 2. The van der Waals surface area contributed by atoms with Crippen LogP contribution in [0.1, 0.15) is 55.3 Å². The van der Waals surface area contributed by atoms with Gasteiger partial charge in [0.1, 0.15) is 5.76 Å². The van der Waals surface area contributed by atoms with Crippen molar-refractivity contribution in [2.24, 2.45) is 4.99 Å². The minimum absolute atomic E-state index is 0. The summed E-state index contributed by atoms with van der Waals surface area (Å²) in [6.45, 7) is 11.8. The van der Waals surface area contributed by atoms with Gasteiger partial charge in [-0.25, -0.2) is 0 Å². The normalized spacial score (nSPS) is 13.7. The van der Waals surface area contributed by atoms with Crippen molar-refractivity contribution in [2.75, 3.05) is 13.1 Å². The smallest absolute Gasteiger partial charge is 0.191 e. The van der Waals surface area contributed by atoms with E-state index in [1.54, 1.807) is 0 Å². The summed E-state index contributed by atoms with van der Waals surface area (Å²) in [6, 6.07) is 8.37. The highest BCUT2D eigenvalue weighted by Crippen LogP contribution is 2.24. The highest BCUT2D eigenvalue weighted by Gasteiger charge is 2.17. The highest BCUT2D eigenvalue weighted by atomic mass is 127. The first kappa shape index (κ1) is 23.0. The topological polar surface area (TPSA) is 62.5 Å². The number of benzene rings is 1. The third kappa shape index (κ3) is 5.97. The van der Waals surface area contributed by atoms with E-state index >= 15 is 0 Å². The molecule has 0 aliphatic carbocycles. The third-order valence-corrected chi connectivity index (χ3v) is 4.90. The lowest BCUT2D eigenvalue weighted by Gasteiger charge is -2.20. The van der Waals surface area contributed by atoms with Gasteiger partial charge in [-0.05, 0) is 39.3 Å². The lowest BCUT2D eigenvalue weighted by atomic mass is 10.00. The summed E-state index contributed by atoms with van der Waals surface area (Å²) in [4.78, 5) is 4.76. The van der Waals surface area contributed by atoms with Crippen molar-refractivity contribution >= 4 is 45.9 Å². The van der Waals surface area contributed by atoms with Gasteiger partial charge >= 0.3 is 0 Å². The van der Waals surface area contributed by atoms with Crippen molar-refractivity contribution in [1.29, 1.82) is 0 Å². The predicted molar refractivity (Wildman–Crippen MR) is 121 cm³/mol. The molecule has 0 aliphatic rings. The van der Waals surface area contributed by atoms with Gasteiger partial charge in [-0.3, -0.25) is 4.99 Å². The Morgan fingerprint density at radius 2 is 1.96 bits per heavy atom. The molecule has 1 aromatic carbocycles. The standard InChI is InChI=1S/C19H27BrN4O.HI/c1-6-21-19(23-13(3)16-9-7-8-10-17(16)20)22-11-12(2)18-14(4)24-25-15(18)5;/h7-10,12-13H,6,11H2,1-5H3,(H2,21,22,23);1H. The maximum Gasteiger partial charge on any atom is 0.191 e. The van der Waals surface area contributed by atoms with E-state index < -0.39 is 0 Å². The Morgan fingerprint density at radius 1 is 1.27 bits per heavy atom. The van der Waals surface area contributed by atoms with Gasteiger partial charge in [0.05, 0.1) is 11.7 Å². The highest BCUT2D eigenvalue weighted by molar-refractivity contribution is 14.0. The number of guanidine groups is 1. The maximum absolute atomic E-state index is 5.27. The molecule has 0 fully saturated rings. The molecule has 0 bridgehead atoms. The fourth-order valence-corrected chi connectivity index (χ4v) is 3.57. The van der Waals surface area contributed by atoms with Crippen molar-refractivity contribution in [3.8, 4) is 0 Å². The van der Waals surface area contributed by atoms with Crippen LogP contribution in [0.25, 0.3) is 0 Å². The number of aromatic nitrogens is 1. The zero-order valence-electron chi connectivity index (χ0n) is 16.0. The molecule has 2 unspecified atom stereocenters. The molecular formula is C19H28BrIN4O. The summed E-state index contributed by atoms with van der Waals surface area (Å²) in [5.41, 5.74) is 3.30. The molecule has 1 heterocycles. The Morgan fingerprint density at radius 3 is 2.54 bits per heavy atom. The number of nitrogens with zero attached hydrogens (tertiary/aromatic N) is 2. The lowest BCUT2D eigenvalue weighted by molar-refractivity contribution is 0.391. The number of halogens is 2. The molecule has 2 aromatic rings. The van der Waals surface area contributed by atoms with E-state index in [0.717, 1.165) is 34.0 Å². The molecule has 1 aromatic heterocycles. The van der Waals surface area contributed by atoms with Crippen LogP contribution in [0.4, 0.5) is 0 Å². The monoisotopic (exact) mass is 534 g/mol. The van der Waals surface area contributed by atoms with Crippen LogP contribution in [0.5, 0.6) is 0 Å². The number of hydrogen-bond acceptors (Lipinski definition) is 3. The molecule has 7 heteroatoms. The molecule has 2 rings (SSSR count). The first-order chi connectivity index (χ1) is 11.9. The largest absolute Gasteiger partial charge is 0.361 e. The Hall–Kier alpha value is -1.09. The van der Waals surface area contributed by atoms with Gasteiger partial charge in [0.2, 0.25) is 0 Å². The molecule has 0 amide bonds. The molecular weight excluding hydrogens is 507 g/mol. The fraction of sp³-hybridized carbons (Fsp3) is 0.474. The number of aryl methyl sites for hydroxylation is 2. The average molecular weight is 535 g/mol. The number of hydrogen-bond donors (Lipinski definition) is 2. The van der Waals surface area contributed by atoms with Crippen LogP contribution < -0.4 is 10.6 Å². The van der Waals surface area contributed by atoms with E-state index in [4.69, 9.17) is 9.52 Å². The molecule has 2 atom stereocenters. The predicted octanol–water partition coefficient (Wildman–Crippen LogP) is 5.09. The third-order valence-electron chi connectivity index (χ3n) is 4.17. The summed E-state index contributed by atoms with van der Waals surface area (Å²) in [5.74, 6) is 1.93. The van der Waals surface area contributed by atoms with Crippen LogP contribution in [0, 0.1) is 13.8 Å². The zero-order valence-corrected chi connectivity index (χ0v) is 19.9. The zero-order chi connectivity index (χ0) is 18.4. The van der Waals surface area contributed by atoms with Crippen LogP contribution in [0.15, 0.2) is 38.3 Å². The maximum atomic E-state index is 5.27. The van der Waals surface area contributed by atoms with E-state index in [2.05, 4.69) is 64.6 Å². The van der Waals surface area contributed by atoms with Crippen molar-refractivity contribution in [2.45, 2.75) is 46.6 Å². The van der Waals surface area contributed by atoms with E-state index in [-0.39, 0.29) is 35.9 Å². The molecule has 5 nitrogen and oxygen atoms in total. The molecule has 0 aliphatic heterocycles. The second-order valence-electron chi connectivity index (χ2n) is 6.25. The van der Waals surface area contributed by atoms with Gasteiger partial charge in [0.25, 0.3) is 0 Å². The molecule has 26 heavy (non-hydrogen) atoms. The van der Waals surface area contributed by atoms with E-state index in [1.807, 2.05) is 26.0 Å². The summed E-state index contributed by atoms with van der Waals surface area (Å²) >= 11 is 3.61. The van der Waals surface area contributed by atoms with Gasteiger partial charge in [-0.15, -0.1) is 24.0 Å². The molecule has 0 radical (unpaired) electrons. The van der Waals surface area contributed by atoms with Crippen molar-refractivity contribution in [1.82, 2.24) is 15.8 Å². The van der Waals surface area contributed by atoms with Crippen LogP contribution >= 0.6 is 39.9 Å². The van der Waals surface area contributed by atoms with Crippen molar-refractivity contribution in [3.05, 3.63) is 51.3 Å². The SMILES string of the molecule is CCNC(=NCC(C)c1c(C)noc1C)NC(C)c1ccccc1Br.I. The van der Waals surface area contributed by atoms with Gasteiger partial charge in [0, 0.05) is 29.0 Å². The van der Waals surface area contributed by atoms with Crippen LogP contribution in [-0.4, -0.2) is 24.2 Å². The lowest BCUT2D eigenvalue weighted by Crippen LogP contribution is -2.39. The molecule has 0 saturated heterocycles. The van der Waals surface area contributed by atoms with Crippen molar-refractivity contribution < 1.29 is 4.52 Å². The second kappa shape index (κ2) is 10.9. The summed E-state index contributed by atoms with van der Waals surface area (Å²) in [7, 11) is 0. The van der Waals surface area contributed by atoms with E-state index in [9.17, 15) is 0 Å². The molecule has 144 valence electrons. The molecule has 0 saturated carbocycles. The summed E-state index contributed by atoms with van der Waals surface area (Å²) in [6.07, 6.45) is 0. The molecule has 0 spiro atoms. The van der Waals surface area contributed by atoms with Gasteiger partial charge < -0.3 is 15.2 Å². The van der Waals surface area contributed by atoms with Crippen LogP contribution in [0.2, 0.25) is 0 Å². The Labute approximate surface area is 181 Å². The van der Waals surface area contributed by atoms with Crippen molar-refractivity contribution in [3.63, 3.8) is 0 Å². The average Bonchev–Trinajstić information content (AvgIpc) is 2.91. The van der Waals surface area contributed by atoms with Crippen LogP contribution in [0.3, 0.4) is 0 Å².